The van der Waals surface area contributed by atoms with Gasteiger partial charge in [0.25, 0.3) is 0 Å². The summed E-state index contributed by atoms with van der Waals surface area (Å²) in [5, 5.41) is 19.7. The third kappa shape index (κ3) is 9.31. The molecule has 1 heterocycles. The average Bonchev–Trinajstić information content (AvgIpc) is 3.24. The molecule has 2 N–H and O–H groups in total. The molecule has 41 heavy (non-hydrogen) atoms. The minimum Gasteiger partial charge on any atom is -0.497 e. The van der Waals surface area contributed by atoms with Crippen molar-refractivity contribution in [3.63, 3.8) is 0 Å². The number of rotatable bonds is 15. The Morgan fingerprint density at radius 1 is 1.17 bits per heavy atom. The quantitative estimate of drug-likeness (QED) is 0.164. The van der Waals surface area contributed by atoms with Gasteiger partial charge in [-0.1, -0.05) is 24.3 Å². The van der Waals surface area contributed by atoms with E-state index in [4.69, 9.17) is 23.7 Å². The van der Waals surface area contributed by atoms with Gasteiger partial charge in [0.2, 0.25) is 0 Å². The first kappa shape index (κ1) is 32.1. The number of hydrogen-bond acceptors (Lipinski definition) is 8. The van der Waals surface area contributed by atoms with E-state index in [1.54, 1.807) is 49.4 Å². The van der Waals surface area contributed by atoms with Gasteiger partial charge in [-0.3, -0.25) is 0 Å². The van der Waals surface area contributed by atoms with Gasteiger partial charge in [-0.2, -0.15) is 0 Å². The Kier molecular flexibility index (Phi) is 11.8. The molecule has 0 aromatic heterocycles. The largest absolute Gasteiger partial charge is 0.497 e. The van der Waals surface area contributed by atoms with Crippen LogP contribution >= 0.6 is 0 Å². The number of carbonyl (C=O) groups is 2. The third-order valence-electron chi connectivity index (χ3n) is 7.01. The zero-order valence-electron chi connectivity index (χ0n) is 24.5. The van der Waals surface area contributed by atoms with Crippen LogP contribution in [0.5, 0.6) is 11.5 Å². The number of aromatic carboxylic acids is 1. The molecule has 0 saturated carbocycles. The van der Waals surface area contributed by atoms with E-state index < -0.39 is 35.9 Å². The molecule has 3 rings (SSSR count). The fraction of sp³-hybridized carbons (Fsp3) is 0.500. The molecule has 224 valence electrons. The summed E-state index contributed by atoms with van der Waals surface area (Å²) in [7, 11) is 2.98. The number of methoxy groups -OCH3 is 2. The Morgan fingerprint density at radius 3 is 2.54 bits per heavy atom. The molecule has 4 atom stereocenters. The van der Waals surface area contributed by atoms with Gasteiger partial charge in [-0.25, -0.2) is 9.59 Å². The Balaban J connectivity index is 1.81. The predicted molar refractivity (Wildman–Crippen MR) is 154 cm³/mol. The van der Waals surface area contributed by atoms with Crippen molar-refractivity contribution in [2.24, 2.45) is 5.92 Å². The highest BCUT2D eigenvalue weighted by Gasteiger charge is 2.44. The van der Waals surface area contributed by atoms with Gasteiger partial charge in [0, 0.05) is 13.2 Å². The molecule has 0 amide bonds. The van der Waals surface area contributed by atoms with Gasteiger partial charge in [-0.15, -0.1) is 0 Å². The second-order valence-electron chi connectivity index (χ2n) is 11.0. The highest BCUT2D eigenvalue weighted by molar-refractivity contribution is 5.93. The summed E-state index contributed by atoms with van der Waals surface area (Å²) < 4.78 is 28.3. The fourth-order valence-electron chi connectivity index (χ4n) is 5.25. The first-order valence-electron chi connectivity index (χ1n) is 13.9. The van der Waals surface area contributed by atoms with Crippen LogP contribution in [0.2, 0.25) is 0 Å². The first-order chi connectivity index (χ1) is 19.5. The molecule has 1 aliphatic heterocycles. The molecule has 0 spiro atoms. The molecular formula is C32H42O9. The van der Waals surface area contributed by atoms with Crippen LogP contribution in [-0.4, -0.2) is 67.1 Å². The Morgan fingerprint density at radius 2 is 1.90 bits per heavy atom. The van der Waals surface area contributed by atoms with Crippen LogP contribution in [-0.2, 0) is 20.6 Å². The normalized spacial score (nSPS) is 19.6. The van der Waals surface area contributed by atoms with Crippen molar-refractivity contribution >= 4 is 11.9 Å². The highest BCUT2D eigenvalue weighted by atomic mass is 16.7. The van der Waals surface area contributed by atoms with Gasteiger partial charge < -0.3 is 33.9 Å². The maximum absolute atomic E-state index is 13.0. The smallest absolute Gasteiger partial charge is 0.339 e. The van der Waals surface area contributed by atoms with E-state index in [1.165, 1.54) is 14.2 Å². The minimum atomic E-state index is -1.09. The number of carboxylic acids is 1. The second kappa shape index (κ2) is 15.0. The van der Waals surface area contributed by atoms with Crippen molar-refractivity contribution in [3.05, 3.63) is 71.3 Å². The van der Waals surface area contributed by atoms with E-state index in [1.807, 2.05) is 26.0 Å². The molecule has 0 bridgehead atoms. The Labute approximate surface area is 242 Å². The predicted octanol–water partition coefficient (Wildman–Crippen LogP) is 5.44. The number of carboxylic acid groups (broad SMARTS) is 1. The van der Waals surface area contributed by atoms with E-state index in [0.717, 1.165) is 6.42 Å². The van der Waals surface area contributed by atoms with E-state index in [-0.39, 0.29) is 24.0 Å². The van der Waals surface area contributed by atoms with Crippen molar-refractivity contribution < 1.29 is 43.5 Å². The number of esters is 1. The molecule has 0 aliphatic carbocycles. The van der Waals surface area contributed by atoms with Gasteiger partial charge in [-0.05, 0) is 88.6 Å². The molecule has 0 radical (unpaired) electrons. The van der Waals surface area contributed by atoms with Crippen LogP contribution in [0.25, 0.3) is 0 Å². The number of ether oxygens (including phenoxy) is 5. The van der Waals surface area contributed by atoms with E-state index >= 15 is 0 Å². The maximum atomic E-state index is 13.0. The van der Waals surface area contributed by atoms with Crippen LogP contribution in [0.15, 0.2) is 54.6 Å². The zero-order chi connectivity index (χ0) is 30.0. The molecular weight excluding hydrogens is 528 g/mol. The van der Waals surface area contributed by atoms with Crippen LogP contribution in [0.4, 0.5) is 0 Å². The molecule has 9 heteroatoms. The van der Waals surface area contributed by atoms with Gasteiger partial charge in [0.15, 0.2) is 6.79 Å². The van der Waals surface area contributed by atoms with Crippen LogP contribution in [0.3, 0.4) is 0 Å². The maximum Gasteiger partial charge on any atom is 0.339 e. The van der Waals surface area contributed by atoms with Gasteiger partial charge >= 0.3 is 11.9 Å². The average molecular weight is 571 g/mol. The molecule has 1 saturated heterocycles. The molecule has 2 aromatic rings. The summed E-state index contributed by atoms with van der Waals surface area (Å²) >= 11 is 0. The highest BCUT2D eigenvalue weighted by Crippen LogP contribution is 2.40. The van der Waals surface area contributed by atoms with Crippen molar-refractivity contribution in [3.8, 4) is 11.5 Å². The third-order valence-corrected chi connectivity index (χ3v) is 7.01. The number of aryl methyl sites for hydroxylation is 1. The summed E-state index contributed by atoms with van der Waals surface area (Å²) in [6.45, 7) is 5.64. The fourth-order valence-corrected chi connectivity index (χ4v) is 5.25. The lowest BCUT2D eigenvalue weighted by molar-refractivity contribution is -0.0731. The number of aliphatic hydroxyl groups is 1. The number of hydrogen-bond donors (Lipinski definition) is 2. The first-order valence-corrected chi connectivity index (χ1v) is 13.9. The van der Waals surface area contributed by atoms with E-state index in [2.05, 4.69) is 0 Å². The van der Waals surface area contributed by atoms with Gasteiger partial charge in [0.1, 0.15) is 29.3 Å². The summed E-state index contributed by atoms with van der Waals surface area (Å²) in [6, 6.07) is 12.1. The lowest BCUT2D eigenvalue weighted by Gasteiger charge is -2.27. The Hall–Kier alpha value is -3.40. The number of carbonyl (C=O) groups excluding carboxylic acids is 1. The second-order valence-corrected chi connectivity index (χ2v) is 11.0. The topological polar surface area (TPSA) is 121 Å². The number of aliphatic hydroxyl groups excluding tert-OH is 1. The molecule has 1 fully saturated rings. The lowest BCUT2D eigenvalue weighted by atomic mass is 9.86. The Bertz CT molecular complexity index is 1170. The number of benzene rings is 2. The minimum absolute atomic E-state index is 0.0397. The van der Waals surface area contributed by atoms with Crippen molar-refractivity contribution in [2.45, 2.75) is 76.8 Å². The molecule has 2 aromatic carbocycles. The summed E-state index contributed by atoms with van der Waals surface area (Å²) in [4.78, 5) is 25.2. The van der Waals surface area contributed by atoms with Gasteiger partial charge in [0.05, 0.1) is 24.4 Å². The lowest BCUT2D eigenvalue weighted by Crippen LogP contribution is -2.35. The summed E-state index contributed by atoms with van der Waals surface area (Å²) in [5.41, 5.74) is 0.689. The van der Waals surface area contributed by atoms with Crippen molar-refractivity contribution in [1.82, 2.24) is 0 Å². The monoisotopic (exact) mass is 570 g/mol. The molecule has 2 unspecified atom stereocenters. The zero-order valence-corrected chi connectivity index (χ0v) is 24.5. The van der Waals surface area contributed by atoms with Crippen LogP contribution in [0.1, 0.15) is 72.7 Å². The van der Waals surface area contributed by atoms with Crippen LogP contribution in [0, 0.1) is 5.92 Å². The summed E-state index contributed by atoms with van der Waals surface area (Å²) in [6.07, 6.45) is 5.02. The van der Waals surface area contributed by atoms with Crippen molar-refractivity contribution in [1.29, 1.82) is 0 Å². The summed E-state index contributed by atoms with van der Waals surface area (Å²) in [5.74, 6) is -0.815. The molecule has 1 aliphatic rings. The van der Waals surface area contributed by atoms with E-state index in [9.17, 15) is 19.8 Å². The standard InChI is InChI=1S/C32H42O9/c1-21(33)11-9-16-26(40-31(36)22-12-7-6-8-13-22)29-24(19-32(2,3)41-29)15-10-14-23-17-25(38-5)18-27(39-20-37-4)28(23)30(34)35/h6-9,12-13,16-18,21,24,26,29,33H,10-11,14-15,19-20H2,1-5H3,(H,34,35)/b16-9-/t21-,24+,26?,29?/m0/s1. The SMILES string of the molecule is COCOc1cc(OC)cc(CCC[C@@H]2CC(C)(C)OC2C(/C=C\C[C@H](C)O)OC(=O)c2ccccc2)c1C(=O)O. The van der Waals surface area contributed by atoms with Crippen LogP contribution < -0.4 is 9.47 Å². The van der Waals surface area contributed by atoms with E-state index in [0.29, 0.717) is 42.6 Å². The van der Waals surface area contributed by atoms with Crippen molar-refractivity contribution in [2.75, 3.05) is 21.0 Å². The molecule has 9 nitrogen and oxygen atoms in total.